The number of ether oxygens (including phenoxy) is 1. The molecule has 0 aliphatic heterocycles. The minimum atomic E-state index is -4.48. The Kier molecular flexibility index (Phi) is 4.46. The predicted molar refractivity (Wildman–Crippen MR) is 77.4 cm³/mol. The summed E-state index contributed by atoms with van der Waals surface area (Å²) >= 11 is 17.5. The summed E-state index contributed by atoms with van der Waals surface area (Å²) < 4.78 is 43.0. The quantitative estimate of drug-likeness (QED) is 0.666. The summed E-state index contributed by atoms with van der Waals surface area (Å²) in [5.74, 6) is 0.157. The molecule has 0 saturated heterocycles. The fourth-order valence-electron chi connectivity index (χ4n) is 1.50. The summed E-state index contributed by atoms with van der Waals surface area (Å²) in [6.45, 7) is 0. The Hall–Kier alpha value is -1.30. The fourth-order valence-corrected chi connectivity index (χ4v) is 2.08. The van der Waals surface area contributed by atoms with Crippen LogP contribution in [-0.2, 0) is 6.18 Å². The number of nitrogen functional groups attached to an aromatic ring is 1. The molecule has 2 rings (SSSR count). The van der Waals surface area contributed by atoms with E-state index in [1.54, 1.807) is 0 Å². The Bertz CT molecular complexity index is 689. The van der Waals surface area contributed by atoms with E-state index in [-0.39, 0.29) is 32.3 Å². The summed E-state index contributed by atoms with van der Waals surface area (Å²) in [4.78, 5) is 0. The van der Waals surface area contributed by atoms with Crippen molar-refractivity contribution in [3.8, 4) is 11.5 Å². The maximum absolute atomic E-state index is 12.5. The third-order valence-corrected chi connectivity index (χ3v) is 3.45. The molecule has 2 aromatic rings. The first-order valence-electron chi connectivity index (χ1n) is 5.47. The first kappa shape index (κ1) is 16.1. The lowest BCUT2D eigenvalue weighted by molar-refractivity contribution is -0.137. The van der Waals surface area contributed by atoms with Crippen LogP contribution in [0.4, 0.5) is 18.9 Å². The molecule has 0 saturated carbocycles. The molecular formula is C13H7Cl3F3NO. The molecule has 0 bridgehead atoms. The number of rotatable bonds is 2. The van der Waals surface area contributed by atoms with Gasteiger partial charge in [0.15, 0.2) is 0 Å². The zero-order chi connectivity index (χ0) is 15.8. The lowest BCUT2D eigenvalue weighted by Gasteiger charge is -2.12. The van der Waals surface area contributed by atoms with Gasteiger partial charge < -0.3 is 10.5 Å². The topological polar surface area (TPSA) is 35.2 Å². The minimum Gasteiger partial charge on any atom is -0.454 e. The van der Waals surface area contributed by atoms with Gasteiger partial charge in [0, 0.05) is 6.07 Å². The van der Waals surface area contributed by atoms with Crippen LogP contribution in [0.3, 0.4) is 0 Å². The number of anilines is 1. The lowest BCUT2D eigenvalue weighted by atomic mass is 10.2. The second-order valence-corrected chi connectivity index (χ2v) is 5.27. The van der Waals surface area contributed by atoms with Gasteiger partial charge in [-0.25, -0.2) is 0 Å². The van der Waals surface area contributed by atoms with E-state index in [9.17, 15) is 13.2 Å². The number of nitrogens with two attached hydrogens (primary N) is 1. The second kappa shape index (κ2) is 5.83. The van der Waals surface area contributed by atoms with E-state index in [0.717, 1.165) is 18.2 Å². The molecule has 2 N–H and O–H groups in total. The highest BCUT2D eigenvalue weighted by Crippen LogP contribution is 2.39. The van der Waals surface area contributed by atoms with Crippen molar-refractivity contribution in [3.05, 3.63) is 51.0 Å². The molecule has 0 aromatic heterocycles. The van der Waals surface area contributed by atoms with Crippen LogP contribution in [-0.4, -0.2) is 0 Å². The fraction of sp³-hybridized carbons (Fsp3) is 0.0769. The molecule has 0 atom stereocenters. The van der Waals surface area contributed by atoms with E-state index < -0.39 is 11.7 Å². The van der Waals surface area contributed by atoms with E-state index in [4.69, 9.17) is 45.3 Å². The second-order valence-electron chi connectivity index (χ2n) is 4.05. The van der Waals surface area contributed by atoms with E-state index in [2.05, 4.69) is 0 Å². The number of alkyl halides is 3. The number of benzene rings is 2. The molecule has 0 radical (unpaired) electrons. The van der Waals surface area contributed by atoms with Crippen LogP contribution in [0.2, 0.25) is 15.1 Å². The van der Waals surface area contributed by atoms with Gasteiger partial charge in [0.25, 0.3) is 0 Å². The monoisotopic (exact) mass is 355 g/mol. The molecule has 0 fully saturated rings. The summed E-state index contributed by atoms with van der Waals surface area (Å²) in [5, 5.41) is 0.166. The maximum Gasteiger partial charge on any atom is 0.416 e. The highest BCUT2D eigenvalue weighted by atomic mass is 35.5. The van der Waals surface area contributed by atoms with Crippen LogP contribution in [0.5, 0.6) is 11.5 Å². The molecule has 2 nitrogen and oxygen atoms in total. The summed E-state index contributed by atoms with van der Waals surface area (Å²) in [7, 11) is 0. The molecule has 0 unspecified atom stereocenters. The molecule has 0 spiro atoms. The average Bonchev–Trinajstić information content (AvgIpc) is 2.36. The molecule has 112 valence electrons. The van der Waals surface area contributed by atoms with Crippen LogP contribution in [0.1, 0.15) is 5.56 Å². The summed E-state index contributed by atoms with van der Waals surface area (Å²) in [5.41, 5.74) is 4.94. The molecule has 0 heterocycles. The normalized spacial score (nSPS) is 11.5. The maximum atomic E-state index is 12.5. The van der Waals surface area contributed by atoms with Gasteiger partial charge in [-0.2, -0.15) is 13.2 Å². The molecule has 0 amide bonds. The first-order valence-corrected chi connectivity index (χ1v) is 6.61. The number of halogens is 6. The van der Waals surface area contributed by atoms with Crippen LogP contribution in [0, 0.1) is 0 Å². The van der Waals surface area contributed by atoms with Gasteiger partial charge in [0.05, 0.1) is 26.3 Å². The van der Waals surface area contributed by atoms with Crippen LogP contribution in [0.25, 0.3) is 0 Å². The zero-order valence-electron chi connectivity index (χ0n) is 10.1. The Labute approximate surface area is 133 Å². The highest BCUT2D eigenvalue weighted by Gasteiger charge is 2.31. The first-order chi connectivity index (χ1) is 9.68. The van der Waals surface area contributed by atoms with Crippen molar-refractivity contribution in [3.63, 3.8) is 0 Å². The van der Waals surface area contributed by atoms with E-state index in [0.29, 0.717) is 0 Å². The van der Waals surface area contributed by atoms with Gasteiger partial charge in [-0.3, -0.25) is 0 Å². The van der Waals surface area contributed by atoms with Crippen molar-refractivity contribution in [1.82, 2.24) is 0 Å². The largest absolute Gasteiger partial charge is 0.454 e. The summed E-state index contributed by atoms with van der Waals surface area (Å²) in [6.07, 6.45) is -4.48. The van der Waals surface area contributed by atoms with Gasteiger partial charge in [-0.05, 0) is 24.3 Å². The Morgan fingerprint density at radius 2 is 1.48 bits per heavy atom. The standard InChI is InChI=1S/C13H7Cl3F3NO/c14-7-5-12(9(16)4-10(7)20)21-11-2-1-6(3-8(11)15)13(17,18)19/h1-5H,20H2. The highest BCUT2D eigenvalue weighted by molar-refractivity contribution is 6.36. The Morgan fingerprint density at radius 3 is 2.05 bits per heavy atom. The van der Waals surface area contributed by atoms with E-state index in [1.807, 2.05) is 0 Å². The van der Waals surface area contributed by atoms with Crippen molar-refractivity contribution >= 4 is 40.5 Å². The third kappa shape index (κ3) is 3.67. The van der Waals surface area contributed by atoms with Crippen molar-refractivity contribution in [2.75, 3.05) is 5.73 Å². The van der Waals surface area contributed by atoms with Gasteiger partial charge in [-0.15, -0.1) is 0 Å². The van der Waals surface area contributed by atoms with Gasteiger partial charge in [0.1, 0.15) is 11.5 Å². The number of hydrogen-bond donors (Lipinski definition) is 1. The van der Waals surface area contributed by atoms with Crippen molar-refractivity contribution in [2.45, 2.75) is 6.18 Å². The Balaban J connectivity index is 2.35. The zero-order valence-corrected chi connectivity index (χ0v) is 12.4. The minimum absolute atomic E-state index is 0.0207. The molecule has 21 heavy (non-hydrogen) atoms. The molecular weight excluding hydrogens is 350 g/mol. The molecule has 8 heteroatoms. The van der Waals surface area contributed by atoms with Crippen molar-refractivity contribution < 1.29 is 17.9 Å². The Morgan fingerprint density at radius 1 is 0.857 bits per heavy atom. The van der Waals surface area contributed by atoms with Crippen molar-refractivity contribution in [1.29, 1.82) is 0 Å². The lowest BCUT2D eigenvalue weighted by Crippen LogP contribution is -2.04. The smallest absolute Gasteiger partial charge is 0.416 e. The van der Waals surface area contributed by atoms with Crippen LogP contribution < -0.4 is 10.5 Å². The average molecular weight is 357 g/mol. The SMILES string of the molecule is Nc1cc(Cl)c(Oc2ccc(C(F)(F)F)cc2Cl)cc1Cl. The van der Waals surface area contributed by atoms with Crippen LogP contribution >= 0.6 is 34.8 Å². The van der Waals surface area contributed by atoms with Crippen LogP contribution in [0.15, 0.2) is 30.3 Å². The third-order valence-electron chi connectivity index (χ3n) is 2.53. The van der Waals surface area contributed by atoms with Gasteiger partial charge in [0.2, 0.25) is 0 Å². The molecule has 2 aromatic carbocycles. The van der Waals surface area contributed by atoms with Gasteiger partial charge in [-0.1, -0.05) is 34.8 Å². The molecule has 0 aliphatic carbocycles. The van der Waals surface area contributed by atoms with E-state index in [1.165, 1.54) is 12.1 Å². The summed E-state index contributed by atoms with van der Waals surface area (Å²) in [6, 6.07) is 5.45. The predicted octanol–water partition coefficient (Wildman–Crippen LogP) is 6.04. The van der Waals surface area contributed by atoms with E-state index >= 15 is 0 Å². The van der Waals surface area contributed by atoms with Crippen molar-refractivity contribution in [2.24, 2.45) is 0 Å². The molecule has 0 aliphatic rings. The number of hydrogen-bond acceptors (Lipinski definition) is 2. The van der Waals surface area contributed by atoms with Gasteiger partial charge >= 0.3 is 6.18 Å².